The number of amides is 1. The zero-order chi connectivity index (χ0) is 37.6. The number of thioether (sulfide) groups is 1. The van der Waals surface area contributed by atoms with E-state index in [1.807, 2.05) is 0 Å². The van der Waals surface area contributed by atoms with Gasteiger partial charge in [-0.25, -0.2) is 14.6 Å². The van der Waals surface area contributed by atoms with Crippen LogP contribution in [-0.2, 0) is 24.0 Å². The number of β-lactam (4-membered cyclic amide) rings is 1. The Balaban J connectivity index is 1.15. The number of Topliss-reactive ketones (excluding diaryl/α,β-unsaturated/α-hetero) is 2. The van der Waals surface area contributed by atoms with Crippen LogP contribution in [0.15, 0.2) is 38.9 Å². The Morgan fingerprint density at radius 3 is 2.44 bits per heavy atom. The van der Waals surface area contributed by atoms with Crippen molar-refractivity contribution in [3.63, 3.8) is 0 Å². The molecule has 0 spiro atoms. The van der Waals surface area contributed by atoms with Crippen molar-refractivity contribution in [2.75, 3.05) is 25.1 Å². The topological polar surface area (TPSA) is 252 Å². The summed E-state index contributed by atoms with van der Waals surface area (Å²) in [6.07, 6.45) is 2.44. The number of anilines is 1. The first-order chi connectivity index (χ1) is 24.6. The lowest BCUT2D eigenvalue weighted by molar-refractivity contribution is -0.945. The number of nitrogens with zero attached hydrogens (tertiary/aromatic N) is 5. The minimum absolute atomic E-state index is 0.0232. The second-order valence-electron chi connectivity index (χ2n) is 13.9. The van der Waals surface area contributed by atoms with Gasteiger partial charge in [0.25, 0.3) is 0 Å². The molecular formula is C33H39N6O11S2+. The molecule has 7 atom stereocenters. The molecule has 3 saturated heterocycles. The molecular weight excluding hydrogens is 721 g/mol. The second-order valence-corrected chi connectivity index (χ2v) is 15.9. The number of aliphatic carboxylic acids is 2. The summed E-state index contributed by atoms with van der Waals surface area (Å²) in [6, 6.07) is 1.15. The molecule has 17 nitrogen and oxygen atoms in total. The molecule has 4 aliphatic rings. The van der Waals surface area contributed by atoms with E-state index in [-0.39, 0.29) is 65.2 Å². The van der Waals surface area contributed by atoms with Gasteiger partial charge in [-0.05, 0) is 12.3 Å². The van der Waals surface area contributed by atoms with Gasteiger partial charge in [-0.15, -0.1) is 23.1 Å². The van der Waals surface area contributed by atoms with Gasteiger partial charge in [-0.1, -0.05) is 12.1 Å². The number of likely N-dealkylation sites (N-methyl/N-ethyl adjacent to an activating group) is 1. The van der Waals surface area contributed by atoms with E-state index in [1.165, 1.54) is 22.0 Å². The average Bonchev–Trinajstić information content (AvgIpc) is 3.55. The number of pyridine rings is 1. The fourth-order valence-electron chi connectivity index (χ4n) is 8.06. The van der Waals surface area contributed by atoms with Crippen molar-refractivity contribution >= 4 is 63.4 Å². The van der Waals surface area contributed by atoms with Gasteiger partial charge in [0, 0.05) is 61.3 Å². The van der Waals surface area contributed by atoms with E-state index in [0.29, 0.717) is 39.9 Å². The number of carboxylic acid groups (broad SMARTS) is 2. The van der Waals surface area contributed by atoms with Crippen LogP contribution in [0.3, 0.4) is 0 Å². The van der Waals surface area contributed by atoms with Crippen molar-refractivity contribution in [3.05, 3.63) is 50.5 Å². The van der Waals surface area contributed by atoms with E-state index in [4.69, 9.17) is 10.6 Å². The molecule has 2 aromatic heterocycles. The van der Waals surface area contributed by atoms with Crippen LogP contribution in [0.4, 0.5) is 5.13 Å². The van der Waals surface area contributed by atoms with E-state index in [2.05, 4.69) is 17.2 Å². The summed E-state index contributed by atoms with van der Waals surface area (Å²) in [5.41, 5.74) is 5.12. The first-order valence-electron chi connectivity index (χ1n) is 16.8. The van der Waals surface area contributed by atoms with Gasteiger partial charge >= 0.3 is 11.9 Å². The van der Waals surface area contributed by atoms with Crippen LogP contribution >= 0.6 is 23.1 Å². The standard InChI is InChI=1S/C33H38N6O11S2/c1-3-26(31(45)46)50-36-27(20-14-52-33(34)35-20)24(42)9-19-29(44)38-28(32(47)48)16(13-51-30(19)38)12-39(2)17-4-5-18(39)7-15(6-17)8-22(40)21-10-23(41)25(43)11-37(21)49/h10-11,14-15,17-19,26,30,49H,3-9,12-13H2,1-2H3,(H4-,34,35,43,45,46,47,48)/p+1/b36-27-/t15?,17-,18+,19-,26+,30-,39?/m1/s1. The Hall–Kier alpha value is -4.75. The monoisotopic (exact) mass is 759 g/mol. The summed E-state index contributed by atoms with van der Waals surface area (Å²) >= 11 is 2.42. The van der Waals surface area contributed by atoms with Crippen LogP contribution in [0.25, 0.3) is 0 Å². The van der Waals surface area contributed by atoms with E-state index in [0.717, 1.165) is 36.4 Å². The smallest absolute Gasteiger partial charge is 0.352 e. The Kier molecular flexibility index (Phi) is 10.2. The number of thiazole rings is 1. The average molecular weight is 760 g/mol. The fourth-order valence-corrected chi connectivity index (χ4v) is 10.0. The highest BCUT2D eigenvalue weighted by Crippen LogP contribution is 2.49. The van der Waals surface area contributed by atoms with Gasteiger partial charge in [0.15, 0.2) is 28.2 Å². The Bertz CT molecular complexity index is 1940. The van der Waals surface area contributed by atoms with Gasteiger partial charge in [0.05, 0.1) is 36.6 Å². The van der Waals surface area contributed by atoms with E-state index in [9.17, 15) is 49.3 Å². The van der Waals surface area contributed by atoms with E-state index in [1.54, 1.807) is 6.92 Å². The Morgan fingerprint density at radius 1 is 1.15 bits per heavy atom. The number of piperidine rings is 1. The number of aromatic nitrogens is 2. The molecule has 2 aromatic rings. The molecule has 0 radical (unpaired) electrons. The number of hydrogen-bond acceptors (Lipinski definition) is 14. The van der Waals surface area contributed by atoms with E-state index < -0.39 is 58.0 Å². The van der Waals surface area contributed by atoms with Crippen LogP contribution in [0.1, 0.15) is 68.1 Å². The zero-order valence-electron chi connectivity index (χ0n) is 28.3. The molecule has 19 heteroatoms. The highest BCUT2D eigenvalue weighted by molar-refractivity contribution is 8.00. The molecule has 2 bridgehead atoms. The third kappa shape index (κ3) is 6.79. The van der Waals surface area contributed by atoms with Gasteiger partial charge < -0.3 is 35.6 Å². The summed E-state index contributed by atoms with van der Waals surface area (Å²) in [6.45, 7) is 1.97. The Labute approximate surface area is 304 Å². The maximum Gasteiger partial charge on any atom is 0.352 e. The first-order valence-corrected chi connectivity index (χ1v) is 18.7. The molecule has 4 aliphatic heterocycles. The lowest BCUT2D eigenvalue weighted by atomic mass is 9.84. The summed E-state index contributed by atoms with van der Waals surface area (Å²) in [7, 11) is 2.08. The van der Waals surface area contributed by atoms with Crippen molar-refractivity contribution in [1.29, 1.82) is 0 Å². The normalized spacial score (nSPS) is 27.5. The maximum absolute atomic E-state index is 13.6. The number of carbonyl (C=O) groups is 5. The zero-order valence-corrected chi connectivity index (χ0v) is 30.0. The number of hydrogen-bond donors (Lipinski definition) is 5. The SMILES string of the molecule is CC[C@H](O/N=C(\C(=O)C[C@@H]1C(=O)N2C(C(=O)O)=C(C[N+]3(C)[C@@H]4CC[C@H]3CC(CC(=O)c3cc(=O)c(O)cn3O)C4)CS[C@H]12)c1csc(N)n1)C(=O)O. The van der Waals surface area contributed by atoms with Crippen LogP contribution in [0, 0.1) is 11.8 Å². The predicted octanol–water partition coefficient (Wildman–Crippen LogP) is 1.90. The number of oxime groups is 1. The number of carbonyl (C=O) groups excluding carboxylic acids is 3. The van der Waals surface area contributed by atoms with Gasteiger partial charge in [-0.3, -0.25) is 24.1 Å². The second kappa shape index (κ2) is 14.3. The number of aromatic hydroxyl groups is 1. The number of fused-ring (bicyclic) bond motifs is 3. The predicted molar refractivity (Wildman–Crippen MR) is 186 cm³/mol. The minimum atomic E-state index is -1.31. The first kappa shape index (κ1) is 37.0. The van der Waals surface area contributed by atoms with Crippen molar-refractivity contribution < 1.29 is 53.8 Å². The molecule has 52 heavy (non-hydrogen) atoms. The summed E-state index contributed by atoms with van der Waals surface area (Å²) < 4.78 is 1.02. The molecule has 2 unspecified atom stereocenters. The molecule has 3 fully saturated rings. The lowest BCUT2D eigenvalue weighted by Crippen LogP contribution is -2.63. The van der Waals surface area contributed by atoms with Crippen LogP contribution in [0.5, 0.6) is 5.75 Å². The summed E-state index contributed by atoms with van der Waals surface area (Å²) in [5, 5.41) is 44.2. The van der Waals surface area contributed by atoms with Gasteiger partial charge in [-0.2, -0.15) is 4.73 Å². The number of rotatable bonds is 14. The third-order valence-corrected chi connectivity index (χ3v) is 12.8. The van der Waals surface area contributed by atoms with Gasteiger partial charge in [0.1, 0.15) is 23.6 Å². The molecule has 6 N–H and O–H groups in total. The number of nitrogens with two attached hydrogens (primary N) is 1. The minimum Gasteiger partial charge on any atom is -0.503 e. The summed E-state index contributed by atoms with van der Waals surface area (Å²) in [5.74, 6) is -5.28. The maximum atomic E-state index is 13.6. The molecule has 6 heterocycles. The molecule has 0 aromatic carbocycles. The largest absolute Gasteiger partial charge is 0.503 e. The lowest BCUT2D eigenvalue weighted by Gasteiger charge is -2.52. The molecule has 1 amide bonds. The molecule has 0 saturated carbocycles. The quantitative estimate of drug-likeness (QED) is 0.0461. The number of carboxylic acids is 2. The molecule has 278 valence electrons. The van der Waals surface area contributed by atoms with Crippen LogP contribution in [0.2, 0.25) is 0 Å². The van der Waals surface area contributed by atoms with Crippen molar-refractivity contribution in [2.45, 2.75) is 75.4 Å². The van der Waals surface area contributed by atoms with E-state index >= 15 is 0 Å². The fraction of sp³-hybridized carbons (Fsp3) is 0.515. The number of ketones is 2. The number of nitrogen functional groups attached to an aromatic ring is 1. The number of quaternary nitrogens is 1. The van der Waals surface area contributed by atoms with Crippen LogP contribution < -0.4 is 11.2 Å². The highest BCUT2D eigenvalue weighted by atomic mass is 32.2. The Morgan fingerprint density at radius 2 is 1.85 bits per heavy atom. The van der Waals surface area contributed by atoms with Crippen molar-refractivity contribution in [3.8, 4) is 5.75 Å². The molecule has 6 rings (SSSR count). The van der Waals surface area contributed by atoms with Gasteiger partial charge in [0.2, 0.25) is 17.4 Å². The van der Waals surface area contributed by atoms with Crippen molar-refractivity contribution in [1.82, 2.24) is 14.6 Å². The highest BCUT2D eigenvalue weighted by Gasteiger charge is 2.57. The summed E-state index contributed by atoms with van der Waals surface area (Å²) in [4.78, 5) is 86.7. The van der Waals surface area contributed by atoms with Crippen LogP contribution in [-0.4, -0.2) is 118 Å². The molecule has 0 aliphatic carbocycles. The third-order valence-electron chi connectivity index (χ3n) is 10.7. The van der Waals surface area contributed by atoms with Crippen molar-refractivity contribution in [2.24, 2.45) is 17.0 Å².